The third-order valence-electron chi connectivity index (χ3n) is 7.08. The number of nitrogens with two attached hydrogens (primary N) is 1. The zero-order chi connectivity index (χ0) is 23.3. The van der Waals surface area contributed by atoms with Crippen molar-refractivity contribution >= 4 is 38.8 Å². The highest BCUT2D eigenvalue weighted by molar-refractivity contribution is 7.21. The van der Waals surface area contributed by atoms with Gasteiger partial charge in [-0.25, -0.2) is 4.98 Å². The number of methoxy groups -OCH3 is 1. The molecule has 2 aliphatic rings. The largest absolute Gasteiger partial charge is 0.491 e. The predicted octanol–water partition coefficient (Wildman–Crippen LogP) is 3.78. The number of carbonyl (C=O) groups excluding carboxylic acids is 1. The van der Waals surface area contributed by atoms with E-state index in [0.29, 0.717) is 29.1 Å². The maximum atomic E-state index is 13.0. The van der Waals surface area contributed by atoms with Crippen LogP contribution in [0.1, 0.15) is 34.8 Å². The Balaban J connectivity index is 1.29. The molecule has 1 amide bonds. The molecule has 33 heavy (non-hydrogen) atoms. The Morgan fingerprint density at radius 3 is 2.88 bits per heavy atom. The van der Waals surface area contributed by atoms with Crippen LogP contribution < -0.4 is 20.7 Å². The number of aromatic nitrogens is 1. The van der Waals surface area contributed by atoms with Gasteiger partial charge in [-0.1, -0.05) is 13.0 Å². The second-order valence-electron chi connectivity index (χ2n) is 9.15. The van der Waals surface area contributed by atoms with Gasteiger partial charge in [0.15, 0.2) is 0 Å². The standard InChI is InChI=1S/C25H30N4O3S/c1-13-5-8-19-22(26)23(33-25(19)27-13)24(30)28-17-9-16-6-7-18(10-20(16)32-12-17)29-11-21(31-4)14(2)15(29)3/h5-8,10,14-15,17,21H,9,11-12,26H2,1-4H3,(H,28,30)/t14-,15-,17-,21-/m1/s1. The molecule has 1 saturated heterocycles. The second kappa shape index (κ2) is 8.50. The first-order valence-corrected chi connectivity index (χ1v) is 12.2. The lowest BCUT2D eigenvalue weighted by Crippen LogP contribution is -2.42. The third-order valence-corrected chi connectivity index (χ3v) is 8.20. The van der Waals surface area contributed by atoms with Crippen molar-refractivity contribution in [1.82, 2.24) is 10.3 Å². The van der Waals surface area contributed by atoms with E-state index in [2.05, 4.69) is 47.2 Å². The van der Waals surface area contributed by atoms with Crippen LogP contribution in [0.2, 0.25) is 0 Å². The molecule has 4 heterocycles. The molecule has 1 aromatic carbocycles. The normalized spacial score (nSPS) is 24.5. The van der Waals surface area contributed by atoms with Gasteiger partial charge in [0.2, 0.25) is 0 Å². The molecule has 8 heteroatoms. The molecular formula is C25H30N4O3S. The number of pyridine rings is 1. The Hall–Kier alpha value is -2.84. The summed E-state index contributed by atoms with van der Waals surface area (Å²) in [6, 6.07) is 10.5. The zero-order valence-corrected chi connectivity index (χ0v) is 20.2. The first-order valence-electron chi connectivity index (χ1n) is 11.4. The SMILES string of the molecule is CO[C@@H]1CN(c2ccc3c(c2)OC[C@H](NC(=O)c2sc4nc(C)ccc4c2N)C3)[C@H](C)[C@H]1C. The van der Waals surface area contributed by atoms with Crippen LogP contribution in [0.15, 0.2) is 30.3 Å². The highest BCUT2D eigenvalue weighted by Crippen LogP contribution is 2.36. The van der Waals surface area contributed by atoms with Gasteiger partial charge in [-0.05, 0) is 44.0 Å². The number of hydrogen-bond acceptors (Lipinski definition) is 7. The topological polar surface area (TPSA) is 89.7 Å². The van der Waals surface area contributed by atoms with Gasteiger partial charge in [0.05, 0.1) is 17.8 Å². The summed E-state index contributed by atoms with van der Waals surface area (Å²) in [5.74, 6) is 1.18. The summed E-state index contributed by atoms with van der Waals surface area (Å²) in [7, 11) is 1.78. The molecule has 2 aromatic heterocycles. The van der Waals surface area contributed by atoms with Crippen LogP contribution in [0.5, 0.6) is 5.75 Å². The number of nitrogens with one attached hydrogen (secondary N) is 1. The maximum absolute atomic E-state index is 13.0. The molecule has 5 rings (SSSR count). The van der Waals surface area contributed by atoms with Crippen LogP contribution in [0.3, 0.4) is 0 Å². The number of amides is 1. The summed E-state index contributed by atoms with van der Waals surface area (Å²) in [5.41, 5.74) is 9.90. The van der Waals surface area contributed by atoms with Crippen LogP contribution in [0, 0.1) is 12.8 Å². The summed E-state index contributed by atoms with van der Waals surface area (Å²) in [6.45, 7) is 7.71. The summed E-state index contributed by atoms with van der Waals surface area (Å²) >= 11 is 1.33. The average molecular weight is 467 g/mol. The molecule has 0 unspecified atom stereocenters. The van der Waals surface area contributed by atoms with Gasteiger partial charge < -0.3 is 25.4 Å². The Morgan fingerprint density at radius 2 is 2.12 bits per heavy atom. The lowest BCUT2D eigenvalue weighted by molar-refractivity contribution is 0.0848. The first kappa shape index (κ1) is 22.0. The van der Waals surface area contributed by atoms with E-state index in [4.69, 9.17) is 15.2 Å². The van der Waals surface area contributed by atoms with Crippen LogP contribution in [0.25, 0.3) is 10.2 Å². The molecule has 1 fully saturated rings. The van der Waals surface area contributed by atoms with Gasteiger partial charge in [0.25, 0.3) is 5.91 Å². The molecule has 0 bridgehead atoms. The van der Waals surface area contributed by atoms with E-state index in [0.717, 1.165) is 45.9 Å². The first-order chi connectivity index (χ1) is 15.9. The smallest absolute Gasteiger partial charge is 0.263 e. The molecule has 0 spiro atoms. The molecule has 4 atom stereocenters. The fourth-order valence-electron chi connectivity index (χ4n) is 4.89. The van der Waals surface area contributed by atoms with Crippen molar-refractivity contribution in [2.24, 2.45) is 5.92 Å². The van der Waals surface area contributed by atoms with Crippen LogP contribution in [0.4, 0.5) is 11.4 Å². The summed E-state index contributed by atoms with van der Waals surface area (Å²) in [5, 5.41) is 3.93. The van der Waals surface area contributed by atoms with Gasteiger partial charge >= 0.3 is 0 Å². The average Bonchev–Trinajstić information content (AvgIpc) is 3.29. The van der Waals surface area contributed by atoms with Crippen LogP contribution in [-0.4, -0.2) is 49.3 Å². The lowest BCUT2D eigenvalue weighted by atomic mass is 10.0. The van der Waals surface area contributed by atoms with E-state index in [1.54, 1.807) is 7.11 Å². The number of hydrogen-bond donors (Lipinski definition) is 2. The van der Waals surface area contributed by atoms with Crippen molar-refractivity contribution in [1.29, 1.82) is 0 Å². The molecule has 174 valence electrons. The van der Waals surface area contributed by atoms with Crippen molar-refractivity contribution < 1.29 is 14.3 Å². The van der Waals surface area contributed by atoms with E-state index >= 15 is 0 Å². The molecule has 0 saturated carbocycles. The quantitative estimate of drug-likeness (QED) is 0.608. The summed E-state index contributed by atoms with van der Waals surface area (Å²) in [4.78, 5) is 21.2. The number of fused-ring (bicyclic) bond motifs is 2. The van der Waals surface area contributed by atoms with Gasteiger partial charge in [0, 0.05) is 48.4 Å². The van der Waals surface area contributed by atoms with Gasteiger partial charge in [-0.2, -0.15) is 0 Å². The molecule has 3 aromatic rings. The molecule has 3 N–H and O–H groups in total. The zero-order valence-electron chi connectivity index (χ0n) is 19.4. The summed E-state index contributed by atoms with van der Waals surface area (Å²) < 4.78 is 11.7. The Bertz CT molecular complexity index is 1210. The Kier molecular flexibility index (Phi) is 5.66. The third kappa shape index (κ3) is 3.91. The minimum absolute atomic E-state index is 0.112. The van der Waals surface area contributed by atoms with E-state index in [1.165, 1.54) is 11.3 Å². The molecular weight excluding hydrogens is 436 g/mol. The number of benzene rings is 1. The van der Waals surface area contributed by atoms with Crippen molar-refractivity contribution in [3.63, 3.8) is 0 Å². The number of ether oxygens (including phenoxy) is 2. The van der Waals surface area contributed by atoms with Crippen molar-refractivity contribution in [2.45, 2.75) is 45.4 Å². The fourth-order valence-corrected chi connectivity index (χ4v) is 5.93. The lowest BCUT2D eigenvalue weighted by Gasteiger charge is -2.29. The Morgan fingerprint density at radius 1 is 1.30 bits per heavy atom. The van der Waals surface area contributed by atoms with Crippen molar-refractivity contribution in [3.05, 3.63) is 46.5 Å². The minimum atomic E-state index is -0.174. The van der Waals surface area contributed by atoms with E-state index < -0.39 is 0 Å². The van der Waals surface area contributed by atoms with E-state index in [1.807, 2.05) is 19.1 Å². The highest BCUT2D eigenvalue weighted by Gasteiger charge is 2.37. The number of nitrogen functional groups attached to an aromatic ring is 1. The molecule has 0 radical (unpaired) electrons. The van der Waals surface area contributed by atoms with E-state index in [-0.39, 0.29) is 18.1 Å². The van der Waals surface area contributed by atoms with Gasteiger partial charge in [-0.3, -0.25) is 4.79 Å². The number of nitrogens with zero attached hydrogens (tertiary/aromatic N) is 2. The number of anilines is 2. The number of aryl methyl sites for hydroxylation is 1. The number of rotatable bonds is 4. The van der Waals surface area contributed by atoms with Crippen molar-refractivity contribution in [3.8, 4) is 5.75 Å². The number of carbonyl (C=O) groups is 1. The number of thiophene rings is 1. The monoisotopic (exact) mass is 466 g/mol. The van der Waals surface area contributed by atoms with E-state index in [9.17, 15) is 4.79 Å². The molecule has 0 aliphatic carbocycles. The molecule has 7 nitrogen and oxygen atoms in total. The van der Waals surface area contributed by atoms with Gasteiger partial charge in [0.1, 0.15) is 22.1 Å². The maximum Gasteiger partial charge on any atom is 0.263 e. The Labute approximate surface area is 197 Å². The van der Waals surface area contributed by atoms with Crippen LogP contribution >= 0.6 is 11.3 Å². The molecule has 2 aliphatic heterocycles. The minimum Gasteiger partial charge on any atom is -0.491 e. The van der Waals surface area contributed by atoms with Crippen molar-refractivity contribution in [2.75, 3.05) is 30.9 Å². The fraction of sp³-hybridized carbons (Fsp3) is 0.440. The predicted molar refractivity (Wildman–Crippen MR) is 132 cm³/mol. The highest BCUT2D eigenvalue weighted by atomic mass is 32.1. The van der Waals surface area contributed by atoms with Gasteiger partial charge in [-0.15, -0.1) is 11.3 Å². The van der Waals surface area contributed by atoms with Crippen LogP contribution in [-0.2, 0) is 11.2 Å². The second-order valence-corrected chi connectivity index (χ2v) is 10.2. The summed E-state index contributed by atoms with van der Waals surface area (Å²) in [6.07, 6.45) is 0.952.